The second-order valence-corrected chi connectivity index (χ2v) is 5.85. The summed E-state index contributed by atoms with van der Waals surface area (Å²) in [5.41, 5.74) is 3.31. The number of rotatable bonds is 5. The fourth-order valence-corrected chi connectivity index (χ4v) is 2.86. The minimum absolute atomic E-state index is 0.0832. The van der Waals surface area contributed by atoms with E-state index in [1.54, 1.807) is 0 Å². The van der Waals surface area contributed by atoms with Crippen LogP contribution in [0.1, 0.15) is 11.3 Å². The third-order valence-corrected chi connectivity index (χ3v) is 4.04. The van der Waals surface area contributed by atoms with E-state index in [0.717, 1.165) is 55.0 Å². The molecule has 2 N–H and O–H groups in total. The van der Waals surface area contributed by atoms with E-state index in [4.69, 9.17) is 4.74 Å². The number of aromatic nitrogens is 1. The molecule has 5 heteroatoms. The minimum Gasteiger partial charge on any atom is -0.379 e. The summed E-state index contributed by atoms with van der Waals surface area (Å²) < 4.78 is 5.31. The molecule has 1 aliphatic heterocycles. The normalized spacial score (nSPS) is 16.0. The van der Waals surface area contributed by atoms with E-state index in [1.807, 2.05) is 19.1 Å². The van der Waals surface area contributed by atoms with Gasteiger partial charge in [0.15, 0.2) is 0 Å². The molecule has 1 aromatic heterocycles. The van der Waals surface area contributed by atoms with Gasteiger partial charge in [-0.05, 0) is 36.1 Å². The van der Waals surface area contributed by atoms with Crippen LogP contribution in [-0.2, 0) is 16.0 Å². The van der Waals surface area contributed by atoms with Crippen molar-refractivity contribution in [2.24, 2.45) is 0 Å². The number of morpholine rings is 1. The molecule has 0 unspecified atom stereocenters. The molecule has 1 aliphatic rings. The smallest absolute Gasteiger partial charge is 0.224 e. The molecule has 118 valence electrons. The maximum absolute atomic E-state index is 12.0. The highest BCUT2D eigenvalue weighted by atomic mass is 16.5. The zero-order valence-electron chi connectivity index (χ0n) is 13.0. The third kappa shape index (κ3) is 3.87. The summed E-state index contributed by atoms with van der Waals surface area (Å²) in [7, 11) is 0. The van der Waals surface area contributed by atoms with Crippen molar-refractivity contribution in [2.45, 2.75) is 13.3 Å². The molecule has 0 radical (unpaired) electrons. The van der Waals surface area contributed by atoms with Crippen LogP contribution in [0.25, 0.3) is 10.9 Å². The molecule has 5 nitrogen and oxygen atoms in total. The molecule has 22 heavy (non-hydrogen) atoms. The van der Waals surface area contributed by atoms with Crippen molar-refractivity contribution in [3.63, 3.8) is 0 Å². The van der Waals surface area contributed by atoms with Gasteiger partial charge in [0.2, 0.25) is 5.91 Å². The zero-order chi connectivity index (χ0) is 15.4. The summed E-state index contributed by atoms with van der Waals surface area (Å²) in [6, 6.07) is 8.24. The molecular weight excluding hydrogens is 278 g/mol. The largest absolute Gasteiger partial charge is 0.379 e. The number of benzene rings is 1. The Morgan fingerprint density at radius 2 is 2.14 bits per heavy atom. The lowest BCUT2D eigenvalue weighted by atomic mass is 10.1. The first-order chi connectivity index (χ1) is 10.7. The topological polar surface area (TPSA) is 57.4 Å². The molecule has 0 atom stereocenters. The lowest BCUT2D eigenvalue weighted by molar-refractivity contribution is -0.120. The fourth-order valence-electron chi connectivity index (χ4n) is 2.86. The van der Waals surface area contributed by atoms with Gasteiger partial charge in [0.1, 0.15) is 0 Å². The average molecular weight is 301 g/mol. The first-order valence-electron chi connectivity index (χ1n) is 7.86. The Kier molecular flexibility index (Phi) is 4.75. The highest BCUT2D eigenvalue weighted by molar-refractivity contribution is 5.84. The van der Waals surface area contributed by atoms with Crippen molar-refractivity contribution in [3.05, 3.63) is 35.5 Å². The van der Waals surface area contributed by atoms with Gasteiger partial charge < -0.3 is 15.0 Å². The van der Waals surface area contributed by atoms with Crippen molar-refractivity contribution < 1.29 is 9.53 Å². The predicted molar refractivity (Wildman–Crippen MR) is 87.0 cm³/mol. The molecule has 1 amide bonds. The number of nitrogens with zero attached hydrogens (tertiary/aromatic N) is 1. The summed E-state index contributed by atoms with van der Waals surface area (Å²) in [5, 5.41) is 4.17. The van der Waals surface area contributed by atoms with Crippen molar-refractivity contribution in [3.8, 4) is 0 Å². The van der Waals surface area contributed by atoms with E-state index < -0.39 is 0 Å². The van der Waals surface area contributed by atoms with Gasteiger partial charge in [-0.3, -0.25) is 9.69 Å². The first-order valence-corrected chi connectivity index (χ1v) is 7.86. The van der Waals surface area contributed by atoms with Gasteiger partial charge in [0, 0.05) is 37.4 Å². The van der Waals surface area contributed by atoms with Gasteiger partial charge in [-0.25, -0.2) is 0 Å². The summed E-state index contributed by atoms with van der Waals surface area (Å²) in [4.78, 5) is 17.6. The summed E-state index contributed by atoms with van der Waals surface area (Å²) >= 11 is 0. The van der Waals surface area contributed by atoms with Crippen LogP contribution < -0.4 is 5.32 Å². The van der Waals surface area contributed by atoms with Crippen LogP contribution in [0.2, 0.25) is 0 Å². The quantitative estimate of drug-likeness (QED) is 0.879. The van der Waals surface area contributed by atoms with Crippen LogP contribution >= 0.6 is 0 Å². The Bertz CT molecular complexity index is 644. The van der Waals surface area contributed by atoms with Crippen molar-refractivity contribution in [2.75, 3.05) is 39.4 Å². The van der Waals surface area contributed by atoms with Crippen LogP contribution in [0, 0.1) is 6.92 Å². The second kappa shape index (κ2) is 6.94. The Morgan fingerprint density at radius 3 is 2.95 bits per heavy atom. The zero-order valence-corrected chi connectivity index (χ0v) is 13.0. The number of carbonyl (C=O) groups is 1. The van der Waals surface area contributed by atoms with Crippen LogP contribution in [-0.4, -0.2) is 55.2 Å². The Labute approximate surface area is 130 Å². The second-order valence-electron chi connectivity index (χ2n) is 5.85. The number of carbonyl (C=O) groups excluding carboxylic acids is 1. The van der Waals surface area contributed by atoms with Crippen LogP contribution in [0.4, 0.5) is 0 Å². The lowest BCUT2D eigenvalue weighted by Gasteiger charge is -2.26. The molecule has 1 fully saturated rings. The molecule has 1 aromatic carbocycles. The summed E-state index contributed by atoms with van der Waals surface area (Å²) in [6.45, 7) is 7.14. The van der Waals surface area contributed by atoms with Gasteiger partial charge in [0.05, 0.1) is 19.6 Å². The van der Waals surface area contributed by atoms with Gasteiger partial charge >= 0.3 is 0 Å². The Hall–Kier alpha value is -1.85. The molecule has 0 saturated carbocycles. The van der Waals surface area contributed by atoms with Crippen molar-refractivity contribution in [1.82, 2.24) is 15.2 Å². The minimum atomic E-state index is 0.0832. The third-order valence-electron chi connectivity index (χ3n) is 4.04. The fraction of sp³-hybridized carbons (Fsp3) is 0.471. The number of hydrogen-bond acceptors (Lipinski definition) is 3. The van der Waals surface area contributed by atoms with Crippen LogP contribution in [0.3, 0.4) is 0 Å². The number of aromatic amines is 1. The molecule has 1 saturated heterocycles. The molecule has 2 aromatic rings. The summed E-state index contributed by atoms with van der Waals surface area (Å²) in [6.07, 6.45) is 0.434. The van der Waals surface area contributed by atoms with Crippen LogP contribution in [0.5, 0.6) is 0 Å². The number of ether oxygens (including phenoxy) is 1. The maximum atomic E-state index is 12.0. The van der Waals surface area contributed by atoms with E-state index in [1.165, 1.54) is 0 Å². The molecule has 2 heterocycles. The van der Waals surface area contributed by atoms with Gasteiger partial charge in [0.25, 0.3) is 0 Å². The standard InChI is InChI=1S/C17H23N3O2/c1-13-10-15-11-14(2-3-16(15)19-13)12-17(21)18-4-5-20-6-8-22-9-7-20/h2-3,10-11,19H,4-9,12H2,1H3,(H,18,21). The SMILES string of the molecule is Cc1cc2cc(CC(=O)NCCN3CCOCC3)ccc2[nH]1. The highest BCUT2D eigenvalue weighted by Gasteiger charge is 2.10. The molecular formula is C17H23N3O2. The number of amides is 1. The number of H-pyrrole nitrogens is 1. The van der Waals surface area contributed by atoms with Crippen molar-refractivity contribution >= 4 is 16.8 Å². The highest BCUT2D eigenvalue weighted by Crippen LogP contribution is 2.17. The number of fused-ring (bicyclic) bond motifs is 1. The molecule has 3 rings (SSSR count). The van der Waals surface area contributed by atoms with Gasteiger partial charge in [-0.1, -0.05) is 6.07 Å². The monoisotopic (exact) mass is 301 g/mol. The molecule has 0 bridgehead atoms. The van der Waals surface area contributed by atoms with E-state index in [0.29, 0.717) is 13.0 Å². The predicted octanol–water partition coefficient (Wildman–Crippen LogP) is 1.47. The maximum Gasteiger partial charge on any atom is 0.224 e. The first kappa shape index (κ1) is 15.1. The van der Waals surface area contributed by atoms with Crippen LogP contribution in [0.15, 0.2) is 24.3 Å². The molecule has 0 aliphatic carbocycles. The van der Waals surface area contributed by atoms with E-state index in [9.17, 15) is 4.79 Å². The Morgan fingerprint density at radius 1 is 1.32 bits per heavy atom. The van der Waals surface area contributed by atoms with Gasteiger partial charge in [-0.2, -0.15) is 0 Å². The van der Waals surface area contributed by atoms with E-state index in [2.05, 4.69) is 27.3 Å². The van der Waals surface area contributed by atoms with E-state index >= 15 is 0 Å². The number of aryl methyl sites for hydroxylation is 1. The number of hydrogen-bond donors (Lipinski definition) is 2. The van der Waals surface area contributed by atoms with Crippen molar-refractivity contribution in [1.29, 1.82) is 0 Å². The van der Waals surface area contributed by atoms with E-state index in [-0.39, 0.29) is 5.91 Å². The molecule has 0 spiro atoms. The Balaban J connectivity index is 1.47. The lowest BCUT2D eigenvalue weighted by Crippen LogP contribution is -2.41. The van der Waals surface area contributed by atoms with Gasteiger partial charge in [-0.15, -0.1) is 0 Å². The summed E-state index contributed by atoms with van der Waals surface area (Å²) in [5.74, 6) is 0.0832. The average Bonchev–Trinajstić information content (AvgIpc) is 2.87. The number of nitrogens with one attached hydrogen (secondary N) is 2.